The molecule has 19 heavy (non-hydrogen) atoms. The summed E-state index contributed by atoms with van der Waals surface area (Å²) in [6.45, 7) is 5.20. The first kappa shape index (κ1) is 15.4. The van der Waals surface area contributed by atoms with Crippen LogP contribution in [0.15, 0.2) is 24.3 Å². The van der Waals surface area contributed by atoms with E-state index in [0.717, 1.165) is 12.8 Å². The van der Waals surface area contributed by atoms with Gasteiger partial charge >= 0.3 is 6.03 Å². The zero-order chi connectivity index (χ0) is 14.3. The largest absolute Gasteiger partial charge is 0.337 e. The normalized spacial score (nSPS) is 11.2. The standard InChI is InChI=1S/C14H22FN3O/c1-3-14(4-2,9-16)10-17-13(19)18-12-7-5-11(15)6-8-12/h5-8H,3-4,9-10,16H2,1-2H3,(H2,17,18,19). The van der Waals surface area contributed by atoms with Gasteiger partial charge in [0.25, 0.3) is 0 Å². The first-order chi connectivity index (χ1) is 9.05. The SMILES string of the molecule is CCC(CC)(CN)CNC(=O)Nc1ccc(F)cc1. The van der Waals surface area contributed by atoms with E-state index in [4.69, 9.17) is 5.73 Å². The summed E-state index contributed by atoms with van der Waals surface area (Å²) in [4.78, 5) is 11.7. The maximum Gasteiger partial charge on any atom is 0.319 e. The van der Waals surface area contributed by atoms with Gasteiger partial charge in [-0.2, -0.15) is 0 Å². The van der Waals surface area contributed by atoms with Gasteiger partial charge in [0.1, 0.15) is 5.82 Å². The number of anilines is 1. The second-order valence-corrected chi connectivity index (χ2v) is 4.73. The third-order valence-electron chi connectivity index (χ3n) is 3.66. The van der Waals surface area contributed by atoms with Crippen LogP contribution in [0.25, 0.3) is 0 Å². The third-order valence-corrected chi connectivity index (χ3v) is 3.66. The molecule has 0 saturated carbocycles. The molecule has 0 fully saturated rings. The van der Waals surface area contributed by atoms with Gasteiger partial charge in [0.15, 0.2) is 0 Å². The molecule has 4 nitrogen and oxygen atoms in total. The Hall–Kier alpha value is -1.62. The van der Waals surface area contributed by atoms with Gasteiger partial charge in [-0.25, -0.2) is 9.18 Å². The Kier molecular flexibility index (Phi) is 5.76. The Labute approximate surface area is 113 Å². The van der Waals surface area contributed by atoms with Crippen LogP contribution in [0.4, 0.5) is 14.9 Å². The molecular formula is C14H22FN3O. The molecule has 0 aromatic heterocycles. The van der Waals surface area contributed by atoms with E-state index in [1.807, 2.05) is 0 Å². The molecule has 0 spiro atoms. The molecule has 4 N–H and O–H groups in total. The highest BCUT2D eigenvalue weighted by Crippen LogP contribution is 2.23. The molecule has 0 aliphatic rings. The summed E-state index contributed by atoms with van der Waals surface area (Å²) in [5.41, 5.74) is 6.28. The Bertz CT molecular complexity index is 393. The van der Waals surface area contributed by atoms with E-state index >= 15 is 0 Å². The van der Waals surface area contributed by atoms with Crippen molar-refractivity contribution in [2.24, 2.45) is 11.1 Å². The lowest BCUT2D eigenvalue weighted by Crippen LogP contribution is -2.43. The van der Waals surface area contributed by atoms with Gasteiger partial charge < -0.3 is 16.4 Å². The first-order valence-electron chi connectivity index (χ1n) is 6.55. The number of nitrogens with one attached hydrogen (secondary N) is 2. The van der Waals surface area contributed by atoms with Gasteiger partial charge in [0.05, 0.1) is 0 Å². The van der Waals surface area contributed by atoms with Crippen LogP contribution in [0.5, 0.6) is 0 Å². The number of rotatable bonds is 6. The number of carbonyl (C=O) groups is 1. The average Bonchev–Trinajstić information content (AvgIpc) is 2.44. The fourth-order valence-electron chi connectivity index (χ4n) is 1.84. The number of nitrogens with two attached hydrogens (primary N) is 1. The molecule has 1 rings (SSSR count). The minimum absolute atomic E-state index is 0.0554. The highest BCUT2D eigenvalue weighted by Gasteiger charge is 2.24. The fraction of sp³-hybridized carbons (Fsp3) is 0.500. The maximum absolute atomic E-state index is 12.7. The molecular weight excluding hydrogens is 245 g/mol. The summed E-state index contributed by atoms with van der Waals surface area (Å²) in [6, 6.07) is 5.34. The lowest BCUT2D eigenvalue weighted by atomic mass is 9.82. The smallest absolute Gasteiger partial charge is 0.319 e. The summed E-state index contributed by atoms with van der Waals surface area (Å²) >= 11 is 0. The monoisotopic (exact) mass is 267 g/mol. The molecule has 1 aromatic rings. The van der Waals surface area contributed by atoms with E-state index in [9.17, 15) is 9.18 Å². The van der Waals surface area contributed by atoms with Gasteiger partial charge in [-0.05, 0) is 49.1 Å². The quantitative estimate of drug-likeness (QED) is 0.742. The topological polar surface area (TPSA) is 67.1 Å². The Morgan fingerprint density at radius 3 is 2.32 bits per heavy atom. The number of amides is 2. The van der Waals surface area contributed by atoms with E-state index in [2.05, 4.69) is 24.5 Å². The van der Waals surface area contributed by atoms with Gasteiger partial charge in [0, 0.05) is 12.2 Å². The number of halogens is 1. The Balaban J connectivity index is 2.49. The predicted octanol–water partition coefficient (Wildman–Crippen LogP) is 2.71. The van der Waals surface area contributed by atoms with E-state index < -0.39 is 0 Å². The van der Waals surface area contributed by atoms with Crippen molar-refractivity contribution < 1.29 is 9.18 Å². The molecule has 0 unspecified atom stereocenters. The van der Waals surface area contributed by atoms with Crippen molar-refractivity contribution in [2.45, 2.75) is 26.7 Å². The van der Waals surface area contributed by atoms with Crippen LogP contribution < -0.4 is 16.4 Å². The third kappa shape index (κ3) is 4.52. The fourth-order valence-corrected chi connectivity index (χ4v) is 1.84. The summed E-state index contributed by atoms with van der Waals surface area (Å²) in [5.74, 6) is -0.329. The Morgan fingerprint density at radius 1 is 1.26 bits per heavy atom. The van der Waals surface area contributed by atoms with Crippen molar-refractivity contribution in [3.8, 4) is 0 Å². The predicted molar refractivity (Wildman–Crippen MR) is 75.5 cm³/mol. The molecule has 0 aliphatic carbocycles. The molecule has 2 amide bonds. The summed E-state index contributed by atoms with van der Waals surface area (Å²) in [6.07, 6.45) is 1.83. The number of hydrogen-bond acceptors (Lipinski definition) is 2. The van der Waals surface area contributed by atoms with Crippen LogP contribution in [0, 0.1) is 11.2 Å². The van der Waals surface area contributed by atoms with Crippen molar-refractivity contribution in [1.29, 1.82) is 0 Å². The highest BCUT2D eigenvalue weighted by atomic mass is 19.1. The highest BCUT2D eigenvalue weighted by molar-refractivity contribution is 5.89. The van der Waals surface area contributed by atoms with Crippen LogP contribution in [0.1, 0.15) is 26.7 Å². The first-order valence-corrected chi connectivity index (χ1v) is 6.55. The van der Waals surface area contributed by atoms with Gasteiger partial charge in [0.2, 0.25) is 0 Å². The van der Waals surface area contributed by atoms with Crippen molar-refractivity contribution in [3.63, 3.8) is 0 Å². The second-order valence-electron chi connectivity index (χ2n) is 4.73. The lowest BCUT2D eigenvalue weighted by Gasteiger charge is -2.30. The van der Waals surface area contributed by atoms with Crippen molar-refractivity contribution in [2.75, 3.05) is 18.4 Å². The lowest BCUT2D eigenvalue weighted by molar-refractivity contribution is 0.232. The van der Waals surface area contributed by atoms with E-state index in [-0.39, 0.29) is 17.3 Å². The molecule has 0 radical (unpaired) electrons. The molecule has 0 heterocycles. The van der Waals surface area contributed by atoms with Crippen LogP contribution >= 0.6 is 0 Å². The van der Waals surface area contributed by atoms with Gasteiger partial charge in [-0.15, -0.1) is 0 Å². The number of benzene rings is 1. The molecule has 0 aliphatic heterocycles. The van der Waals surface area contributed by atoms with Crippen molar-refractivity contribution in [1.82, 2.24) is 5.32 Å². The second kappa shape index (κ2) is 7.09. The summed E-state index contributed by atoms with van der Waals surface area (Å²) in [5, 5.41) is 5.47. The maximum atomic E-state index is 12.7. The molecule has 0 saturated heterocycles. The minimum Gasteiger partial charge on any atom is -0.337 e. The molecule has 5 heteroatoms. The van der Waals surface area contributed by atoms with E-state index in [1.54, 1.807) is 0 Å². The van der Waals surface area contributed by atoms with Crippen LogP contribution in [-0.4, -0.2) is 19.1 Å². The molecule has 0 atom stereocenters. The van der Waals surface area contributed by atoms with Gasteiger partial charge in [-0.1, -0.05) is 13.8 Å². The Morgan fingerprint density at radius 2 is 1.84 bits per heavy atom. The minimum atomic E-state index is -0.329. The average molecular weight is 267 g/mol. The number of carbonyl (C=O) groups excluding carboxylic acids is 1. The van der Waals surface area contributed by atoms with E-state index in [1.165, 1.54) is 24.3 Å². The van der Waals surface area contributed by atoms with Crippen LogP contribution in [-0.2, 0) is 0 Å². The van der Waals surface area contributed by atoms with Crippen molar-refractivity contribution >= 4 is 11.7 Å². The summed E-state index contributed by atoms with van der Waals surface area (Å²) < 4.78 is 12.7. The van der Waals surface area contributed by atoms with Crippen LogP contribution in [0.2, 0.25) is 0 Å². The molecule has 0 bridgehead atoms. The summed E-state index contributed by atoms with van der Waals surface area (Å²) in [7, 11) is 0. The van der Waals surface area contributed by atoms with Crippen LogP contribution in [0.3, 0.4) is 0 Å². The number of urea groups is 1. The zero-order valence-electron chi connectivity index (χ0n) is 11.5. The molecule has 106 valence electrons. The van der Waals surface area contributed by atoms with Gasteiger partial charge in [-0.3, -0.25) is 0 Å². The van der Waals surface area contributed by atoms with Crippen molar-refractivity contribution in [3.05, 3.63) is 30.1 Å². The molecule has 1 aromatic carbocycles. The zero-order valence-corrected chi connectivity index (χ0v) is 11.5. The number of hydrogen-bond donors (Lipinski definition) is 3. The van der Waals surface area contributed by atoms with E-state index in [0.29, 0.717) is 18.8 Å².